The third-order valence-electron chi connectivity index (χ3n) is 3.58. The average molecular weight is 326 g/mol. The van der Waals surface area contributed by atoms with Gasteiger partial charge < -0.3 is 5.32 Å². The molecule has 19 heavy (non-hydrogen) atoms. The van der Waals surface area contributed by atoms with E-state index in [0.29, 0.717) is 5.92 Å². The molecule has 0 saturated carbocycles. The quantitative estimate of drug-likeness (QED) is 0.742. The number of hydrogen-bond acceptors (Lipinski definition) is 1. The van der Waals surface area contributed by atoms with Crippen LogP contribution in [0.4, 0.5) is 0 Å². The first-order valence-electron chi connectivity index (χ1n) is 7.32. The van der Waals surface area contributed by atoms with Crippen LogP contribution in [0.2, 0.25) is 0 Å². The largest absolute Gasteiger partial charge is 0.311 e. The van der Waals surface area contributed by atoms with Crippen LogP contribution in [0, 0.1) is 5.92 Å². The van der Waals surface area contributed by atoms with Gasteiger partial charge in [-0.3, -0.25) is 0 Å². The van der Waals surface area contributed by atoms with E-state index in [1.54, 1.807) is 0 Å². The molecule has 0 amide bonds. The molecule has 0 aliphatic heterocycles. The molecule has 0 radical (unpaired) electrons. The van der Waals surface area contributed by atoms with E-state index in [4.69, 9.17) is 0 Å². The number of benzene rings is 1. The van der Waals surface area contributed by atoms with Crippen molar-refractivity contribution in [3.63, 3.8) is 0 Å². The van der Waals surface area contributed by atoms with Crippen LogP contribution < -0.4 is 5.32 Å². The summed E-state index contributed by atoms with van der Waals surface area (Å²) in [6.07, 6.45) is 2.50. The summed E-state index contributed by atoms with van der Waals surface area (Å²) in [7, 11) is 0. The zero-order valence-corrected chi connectivity index (χ0v) is 14.5. The summed E-state index contributed by atoms with van der Waals surface area (Å²) < 4.78 is 1.18. The van der Waals surface area contributed by atoms with Crippen LogP contribution >= 0.6 is 15.9 Å². The SMILES string of the molecule is CCC(C)CC(CNC(C)(C)C)c1cccc(Br)c1. The Balaban J connectivity index is 2.79. The fraction of sp³-hybridized carbons (Fsp3) is 0.647. The Morgan fingerprint density at radius 3 is 2.47 bits per heavy atom. The van der Waals surface area contributed by atoms with Gasteiger partial charge in [0.2, 0.25) is 0 Å². The van der Waals surface area contributed by atoms with Gasteiger partial charge in [-0.15, -0.1) is 0 Å². The Morgan fingerprint density at radius 2 is 1.95 bits per heavy atom. The molecule has 2 unspecified atom stereocenters. The normalized spacial score (nSPS) is 15.3. The van der Waals surface area contributed by atoms with Gasteiger partial charge in [0, 0.05) is 16.6 Å². The predicted molar refractivity (Wildman–Crippen MR) is 88.7 cm³/mol. The Bertz CT molecular complexity index is 381. The average Bonchev–Trinajstić information content (AvgIpc) is 2.33. The van der Waals surface area contributed by atoms with Gasteiger partial charge in [0.15, 0.2) is 0 Å². The zero-order valence-electron chi connectivity index (χ0n) is 13.0. The summed E-state index contributed by atoms with van der Waals surface area (Å²) in [5.74, 6) is 1.36. The second-order valence-electron chi connectivity index (χ2n) is 6.63. The predicted octanol–water partition coefficient (Wildman–Crippen LogP) is 5.36. The lowest BCUT2D eigenvalue weighted by molar-refractivity contribution is 0.371. The molecule has 0 spiro atoms. The lowest BCUT2D eigenvalue weighted by Gasteiger charge is -2.27. The highest BCUT2D eigenvalue weighted by Gasteiger charge is 2.18. The number of halogens is 1. The third-order valence-corrected chi connectivity index (χ3v) is 4.08. The standard InChI is InChI=1S/C17H28BrN/c1-6-13(2)10-15(12-19-17(3,4)5)14-8-7-9-16(18)11-14/h7-9,11,13,15,19H,6,10,12H2,1-5H3. The van der Waals surface area contributed by atoms with E-state index in [9.17, 15) is 0 Å². The first-order valence-corrected chi connectivity index (χ1v) is 8.11. The maximum absolute atomic E-state index is 3.65. The number of nitrogens with one attached hydrogen (secondary N) is 1. The van der Waals surface area contributed by atoms with Crippen molar-refractivity contribution in [1.29, 1.82) is 0 Å². The summed E-state index contributed by atoms with van der Waals surface area (Å²) in [6, 6.07) is 8.75. The van der Waals surface area contributed by atoms with Crippen LogP contribution in [0.15, 0.2) is 28.7 Å². The van der Waals surface area contributed by atoms with Gasteiger partial charge in [0.1, 0.15) is 0 Å². The van der Waals surface area contributed by atoms with Gasteiger partial charge in [-0.2, -0.15) is 0 Å². The van der Waals surface area contributed by atoms with Crippen molar-refractivity contribution >= 4 is 15.9 Å². The van der Waals surface area contributed by atoms with Crippen LogP contribution in [-0.2, 0) is 0 Å². The summed E-state index contributed by atoms with van der Waals surface area (Å²) in [5, 5.41) is 3.65. The molecule has 1 nitrogen and oxygen atoms in total. The topological polar surface area (TPSA) is 12.0 Å². The van der Waals surface area contributed by atoms with Crippen LogP contribution in [0.1, 0.15) is 58.9 Å². The highest BCUT2D eigenvalue weighted by atomic mass is 79.9. The van der Waals surface area contributed by atoms with Crippen LogP contribution in [0.5, 0.6) is 0 Å². The molecule has 1 aromatic rings. The van der Waals surface area contributed by atoms with E-state index in [1.807, 2.05) is 0 Å². The van der Waals surface area contributed by atoms with E-state index >= 15 is 0 Å². The van der Waals surface area contributed by atoms with Crippen molar-refractivity contribution < 1.29 is 0 Å². The smallest absolute Gasteiger partial charge is 0.0178 e. The number of hydrogen-bond donors (Lipinski definition) is 1. The van der Waals surface area contributed by atoms with Gasteiger partial charge in [-0.1, -0.05) is 48.3 Å². The van der Waals surface area contributed by atoms with Crippen molar-refractivity contribution in [1.82, 2.24) is 5.32 Å². The summed E-state index contributed by atoms with van der Waals surface area (Å²) >= 11 is 3.58. The molecule has 108 valence electrons. The lowest BCUT2D eigenvalue weighted by atomic mass is 9.88. The molecule has 1 rings (SSSR count). The van der Waals surface area contributed by atoms with E-state index in [1.165, 1.54) is 22.9 Å². The maximum atomic E-state index is 3.65. The van der Waals surface area contributed by atoms with Gasteiger partial charge >= 0.3 is 0 Å². The highest BCUT2D eigenvalue weighted by Crippen LogP contribution is 2.27. The second kappa shape index (κ2) is 7.44. The molecule has 0 aromatic heterocycles. The third kappa shape index (κ3) is 6.58. The zero-order chi connectivity index (χ0) is 14.5. The fourth-order valence-corrected chi connectivity index (χ4v) is 2.60. The second-order valence-corrected chi connectivity index (χ2v) is 7.55. The van der Waals surface area contributed by atoms with Gasteiger partial charge in [0.25, 0.3) is 0 Å². The monoisotopic (exact) mass is 325 g/mol. The molecule has 0 aliphatic carbocycles. The molecule has 0 heterocycles. The van der Waals surface area contributed by atoms with Crippen LogP contribution in [0.25, 0.3) is 0 Å². The molecule has 0 aliphatic rings. The highest BCUT2D eigenvalue weighted by molar-refractivity contribution is 9.10. The van der Waals surface area contributed by atoms with Crippen LogP contribution in [0.3, 0.4) is 0 Å². The number of rotatable bonds is 6. The molecule has 0 saturated heterocycles. The summed E-state index contributed by atoms with van der Waals surface area (Å²) in [6.45, 7) is 12.4. The van der Waals surface area contributed by atoms with Crippen LogP contribution in [-0.4, -0.2) is 12.1 Å². The van der Waals surface area contributed by atoms with E-state index in [-0.39, 0.29) is 5.54 Å². The molecule has 0 fully saturated rings. The molecular formula is C17H28BrN. The Morgan fingerprint density at radius 1 is 1.26 bits per heavy atom. The van der Waals surface area contributed by atoms with Crippen molar-refractivity contribution in [2.45, 2.75) is 58.9 Å². The minimum atomic E-state index is 0.180. The molecule has 2 heteroatoms. The van der Waals surface area contributed by atoms with Crippen molar-refractivity contribution in [3.05, 3.63) is 34.3 Å². The molecule has 1 N–H and O–H groups in total. The Kier molecular flexibility index (Phi) is 6.55. The minimum absolute atomic E-state index is 0.180. The minimum Gasteiger partial charge on any atom is -0.311 e. The first kappa shape index (κ1) is 16.7. The van der Waals surface area contributed by atoms with E-state index in [0.717, 1.165) is 12.5 Å². The Labute approximate surface area is 127 Å². The maximum Gasteiger partial charge on any atom is 0.0178 e. The van der Waals surface area contributed by atoms with Gasteiger partial charge in [0.05, 0.1) is 0 Å². The summed E-state index contributed by atoms with van der Waals surface area (Å²) in [5.41, 5.74) is 1.62. The first-order chi connectivity index (χ1) is 8.81. The van der Waals surface area contributed by atoms with Crippen molar-refractivity contribution in [2.75, 3.05) is 6.54 Å². The fourth-order valence-electron chi connectivity index (χ4n) is 2.18. The summed E-state index contributed by atoms with van der Waals surface area (Å²) in [4.78, 5) is 0. The van der Waals surface area contributed by atoms with E-state index in [2.05, 4.69) is 80.1 Å². The van der Waals surface area contributed by atoms with Crippen molar-refractivity contribution in [3.8, 4) is 0 Å². The van der Waals surface area contributed by atoms with Crippen molar-refractivity contribution in [2.24, 2.45) is 5.92 Å². The van der Waals surface area contributed by atoms with E-state index < -0.39 is 0 Å². The molecular weight excluding hydrogens is 298 g/mol. The van der Waals surface area contributed by atoms with Gasteiger partial charge in [-0.05, 0) is 56.7 Å². The molecule has 1 aromatic carbocycles. The van der Waals surface area contributed by atoms with Gasteiger partial charge in [-0.25, -0.2) is 0 Å². The molecule has 0 bridgehead atoms. The lowest BCUT2D eigenvalue weighted by Crippen LogP contribution is -2.38. The molecule has 2 atom stereocenters. The Hall–Kier alpha value is -0.340.